The minimum Gasteiger partial charge on any atom is -0.352 e. The highest BCUT2D eigenvalue weighted by molar-refractivity contribution is 9.09. The average molecular weight is 503 g/mol. The molecule has 0 fully saturated rings. The zero-order valence-corrected chi connectivity index (χ0v) is 19.5. The molecule has 1 aliphatic heterocycles. The first-order chi connectivity index (χ1) is 16.1. The molecule has 5 nitrogen and oxygen atoms in total. The van der Waals surface area contributed by atoms with E-state index in [1.165, 1.54) is 0 Å². The molecule has 0 spiro atoms. The number of rotatable bonds is 6. The summed E-state index contributed by atoms with van der Waals surface area (Å²) in [6.07, 6.45) is 4.28. The number of Topliss-reactive ketones (excluding diaryl/α,β-unsaturated/α-hetero) is 1. The normalized spacial score (nSPS) is 13.2. The van der Waals surface area contributed by atoms with E-state index in [1.54, 1.807) is 29.2 Å². The lowest BCUT2D eigenvalue weighted by molar-refractivity contribution is -0.118. The quantitative estimate of drug-likeness (QED) is 0.376. The molecular formula is C27H23BrN2O3. The Balaban J connectivity index is 1.44. The van der Waals surface area contributed by atoms with Gasteiger partial charge in [0.2, 0.25) is 5.91 Å². The van der Waals surface area contributed by atoms with Crippen molar-refractivity contribution >= 4 is 51.4 Å². The van der Waals surface area contributed by atoms with Crippen molar-refractivity contribution in [3.05, 3.63) is 101 Å². The van der Waals surface area contributed by atoms with Crippen molar-refractivity contribution in [3.8, 4) is 0 Å². The monoisotopic (exact) mass is 502 g/mol. The number of halogens is 1. The van der Waals surface area contributed by atoms with Gasteiger partial charge in [-0.15, -0.1) is 0 Å². The molecule has 2 amide bonds. The van der Waals surface area contributed by atoms with Gasteiger partial charge in [0, 0.05) is 24.1 Å². The van der Waals surface area contributed by atoms with Crippen LogP contribution >= 0.6 is 15.9 Å². The number of para-hydroxylation sites is 1. The highest BCUT2D eigenvalue weighted by Gasteiger charge is 2.21. The molecule has 0 atom stereocenters. The number of carbonyl (C=O) groups is 3. The summed E-state index contributed by atoms with van der Waals surface area (Å²) < 4.78 is 0. The molecule has 0 aromatic heterocycles. The Morgan fingerprint density at radius 2 is 1.45 bits per heavy atom. The van der Waals surface area contributed by atoms with Crippen molar-refractivity contribution in [3.63, 3.8) is 0 Å². The molecule has 166 valence electrons. The van der Waals surface area contributed by atoms with Gasteiger partial charge in [-0.1, -0.05) is 82.7 Å². The molecule has 1 heterocycles. The van der Waals surface area contributed by atoms with Crippen molar-refractivity contribution in [2.24, 2.45) is 0 Å². The van der Waals surface area contributed by atoms with Gasteiger partial charge in [0.1, 0.15) is 0 Å². The van der Waals surface area contributed by atoms with Crippen LogP contribution in [-0.4, -0.2) is 29.5 Å². The molecule has 0 aliphatic carbocycles. The number of nitrogens with zero attached hydrogens (tertiary/aromatic N) is 1. The highest BCUT2D eigenvalue weighted by atomic mass is 79.9. The van der Waals surface area contributed by atoms with Gasteiger partial charge in [-0.05, 0) is 34.9 Å². The summed E-state index contributed by atoms with van der Waals surface area (Å²) >= 11 is 3.14. The zero-order valence-electron chi connectivity index (χ0n) is 18.0. The minimum absolute atomic E-state index is 0.0440. The van der Waals surface area contributed by atoms with Gasteiger partial charge >= 0.3 is 0 Å². The fraction of sp³-hybridized carbons (Fsp3) is 0.148. The van der Waals surface area contributed by atoms with Gasteiger partial charge in [-0.3, -0.25) is 14.4 Å². The Morgan fingerprint density at radius 3 is 2.21 bits per heavy atom. The maximum absolute atomic E-state index is 13.2. The number of anilines is 1. The number of hydrogen-bond donors (Lipinski definition) is 1. The Bertz CT molecular complexity index is 1220. The molecule has 0 saturated heterocycles. The van der Waals surface area contributed by atoms with Crippen LogP contribution in [0, 0.1) is 0 Å². The van der Waals surface area contributed by atoms with E-state index in [4.69, 9.17) is 0 Å². The fourth-order valence-electron chi connectivity index (χ4n) is 3.78. The van der Waals surface area contributed by atoms with Gasteiger partial charge in [-0.2, -0.15) is 0 Å². The van der Waals surface area contributed by atoms with E-state index >= 15 is 0 Å². The summed E-state index contributed by atoms with van der Waals surface area (Å²) in [5, 5.41) is 3.04. The molecule has 0 radical (unpaired) electrons. The van der Waals surface area contributed by atoms with Crippen LogP contribution in [0.3, 0.4) is 0 Å². The summed E-state index contributed by atoms with van der Waals surface area (Å²) in [6.45, 7) is 0.684. The number of carbonyl (C=O) groups excluding carboxylic acids is 3. The Hall–Kier alpha value is -3.51. The third-order valence-corrected chi connectivity index (χ3v) is 6.08. The van der Waals surface area contributed by atoms with E-state index in [0.717, 1.165) is 22.4 Å². The van der Waals surface area contributed by atoms with Crippen molar-refractivity contribution < 1.29 is 14.4 Å². The number of ketones is 1. The molecule has 1 N–H and O–H groups in total. The molecule has 3 aromatic rings. The van der Waals surface area contributed by atoms with Gasteiger partial charge in [-0.25, -0.2) is 0 Å². The second-order valence-electron chi connectivity index (χ2n) is 7.71. The van der Waals surface area contributed by atoms with Crippen LogP contribution in [0.15, 0.2) is 72.8 Å². The van der Waals surface area contributed by atoms with Crippen LogP contribution in [0.1, 0.15) is 43.8 Å². The van der Waals surface area contributed by atoms with Crippen LogP contribution in [0.5, 0.6) is 0 Å². The summed E-state index contributed by atoms with van der Waals surface area (Å²) in [5.74, 6) is -0.384. The maximum Gasteiger partial charge on any atom is 0.251 e. The summed E-state index contributed by atoms with van der Waals surface area (Å²) in [6, 6.07) is 22.3. The molecule has 4 rings (SSSR count). The van der Waals surface area contributed by atoms with Gasteiger partial charge in [0.25, 0.3) is 5.91 Å². The van der Waals surface area contributed by atoms with E-state index in [1.807, 2.05) is 54.6 Å². The largest absolute Gasteiger partial charge is 0.352 e. The second-order valence-corrected chi connectivity index (χ2v) is 8.27. The SMILES string of the molecule is O=C(CBr)c1ccc(C(=O)NCCC(=O)N2Cc3ccccc3/C=C\c3ccccc32)cc1. The van der Waals surface area contributed by atoms with Gasteiger partial charge in [0.15, 0.2) is 5.78 Å². The minimum atomic E-state index is -0.276. The molecule has 3 aromatic carbocycles. The van der Waals surface area contributed by atoms with Gasteiger partial charge < -0.3 is 10.2 Å². The Kier molecular flexibility index (Phi) is 7.15. The molecule has 33 heavy (non-hydrogen) atoms. The summed E-state index contributed by atoms with van der Waals surface area (Å²) in [5.41, 5.74) is 4.97. The fourth-order valence-corrected chi connectivity index (χ4v) is 4.10. The molecule has 0 bridgehead atoms. The molecule has 1 aliphatic rings. The van der Waals surface area contributed by atoms with Crippen LogP contribution in [-0.2, 0) is 11.3 Å². The highest BCUT2D eigenvalue weighted by Crippen LogP contribution is 2.29. The first kappa shape index (κ1) is 22.7. The van der Waals surface area contributed by atoms with Crippen molar-refractivity contribution in [2.45, 2.75) is 13.0 Å². The topological polar surface area (TPSA) is 66.5 Å². The van der Waals surface area contributed by atoms with Crippen LogP contribution in [0.2, 0.25) is 0 Å². The number of fused-ring (bicyclic) bond motifs is 2. The van der Waals surface area contributed by atoms with E-state index in [2.05, 4.69) is 27.3 Å². The lowest BCUT2D eigenvalue weighted by Crippen LogP contribution is -2.35. The number of alkyl halides is 1. The predicted molar refractivity (Wildman–Crippen MR) is 135 cm³/mol. The third kappa shape index (κ3) is 5.29. The van der Waals surface area contributed by atoms with E-state index < -0.39 is 0 Å². The average Bonchev–Trinajstić information content (AvgIpc) is 2.85. The molecular weight excluding hydrogens is 480 g/mol. The first-order valence-electron chi connectivity index (χ1n) is 10.7. The van der Waals surface area contributed by atoms with E-state index in [9.17, 15) is 14.4 Å². The van der Waals surface area contributed by atoms with Crippen LogP contribution in [0.4, 0.5) is 5.69 Å². The molecule has 0 unspecified atom stereocenters. The van der Waals surface area contributed by atoms with E-state index in [0.29, 0.717) is 17.7 Å². The standard InChI is InChI=1S/C27H23BrN2O3/c28-17-25(31)21-11-13-22(14-12-21)27(33)29-16-15-26(32)30-18-23-7-2-1-5-19(23)9-10-20-6-3-4-8-24(20)30/h1-14H,15-18H2,(H,29,33)/b10-9-. The second kappa shape index (κ2) is 10.4. The third-order valence-electron chi connectivity index (χ3n) is 5.57. The smallest absolute Gasteiger partial charge is 0.251 e. The van der Waals surface area contributed by atoms with Crippen molar-refractivity contribution in [1.29, 1.82) is 0 Å². The lowest BCUT2D eigenvalue weighted by atomic mass is 10.0. The Labute approximate surface area is 201 Å². The maximum atomic E-state index is 13.2. The molecule has 0 saturated carbocycles. The number of nitrogens with one attached hydrogen (secondary N) is 1. The van der Waals surface area contributed by atoms with Gasteiger partial charge in [0.05, 0.1) is 17.6 Å². The first-order valence-corrected chi connectivity index (χ1v) is 11.8. The van der Waals surface area contributed by atoms with Crippen LogP contribution in [0.25, 0.3) is 12.2 Å². The lowest BCUT2D eigenvalue weighted by Gasteiger charge is -2.27. The number of hydrogen-bond acceptors (Lipinski definition) is 3. The summed E-state index contributed by atoms with van der Waals surface area (Å²) in [4.78, 5) is 39.2. The number of benzene rings is 3. The Morgan fingerprint density at radius 1 is 0.818 bits per heavy atom. The van der Waals surface area contributed by atoms with Crippen LogP contribution < -0.4 is 10.2 Å². The number of amides is 2. The summed E-state index contributed by atoms with van der Waals surface area (Å²) in [7, 11) is 0. The predicted octanol–water partition coefficient (Wildman–Crippen LogP) is 5.10. The molecule has 6 heteroatoms. The van der Waals surface area contributed by atoms with Crippen molar-refractivity contribution in [1.82, 2.24) is 5.32 Å². The zero-order chi connectivity index (χ0) is 23.2. The van der Waals surface area contributed by atoms with Crippen molar-refractivity contribution in [2.75, 3.05) is 16.8 Å². The van der Waals surface area contributed by atoms with E-state index in [-0.39, 0.29) is 35.9 Å².